The van der Waals surface area contributed by atoms with Crippen molar-refractivity contribution in [1.82, 2.24) is 10.3 Å². The average Bonchev–Trinajstić information content (AvgIpc) is 2.40. The maximum Gasteiger partial charge on any atom is 0.253 e. The lowest BCUT2D eigenvalue weighted by Gasteiger charge is -2.22. The summed E-state index contributed by atoms with van der Waals surface area (Å²) in [6.45, 7) is 0. The van der Waals surface area contributed by atoms with Gasteiger partial charge in [-0.05, 0) is 30.4 Å². The van der Waals surface area contributed by atoms with Gasteiger partial charge in [-0.1, -0.05) is 0 Å². The molecule has 1 aromatic heterocycles. The number of nitrogen functional groups attached to an aromatic ring is 1. The third-order valence-electron chi connectivity index (χ3n) is 2.78. The summed E-state index contributed by atoms with van der Waals surface area (Å²) in [5.74, 6) is 7.49. The van der Waals surface area contributed by atoms with Crippen LogP contribution in [0.15, 0.2) is 18.5 Å². The molecule has 17 heavy (non-hydrogen) atoms. The molecule has 5 nitrogen and oxygen atoms in total. The molecule has 1 aromatic rings. The number of nitrogens with one attached hydrogen (secondary N) is 2. The molecule has 1 fully saturated rings. The topological polar surface area (TPSA) is 80.0 Å². The second-order valence-corrected chi connectivity index (χ2v) is 5.15. The highest BCUT2D eigenvalue weighted by Gasteiger charge is 2.18. The number of anilines is 1. The molecule has 1 aliphatic rings. The number of nitrogens with zero attached hydrogens (tertiary/aromatic N) is 1. The monoisotopic (exact) mass is 252 g/mol. The molecule has 0 saturated carbocycles. The van der Waals surface area contributed by atoms with Gasteiger partial charge >= 0.3 is 0 Å². The summed E-state index contributed by atoms with van der Waals surface area (Å²) in [6, 6.07) is 1.95. The van der Waals surface area contributed by atoms with Crippen molar-refractivity contribution < 1.29 is 4.79 Å². The molecule has 0 aliphatic carbocycles. The molecule has 6 heteroatoms. The van der Waals surface area contributed by atoms with Gasteiger partial charge in [0.25, 0.3) is 5.91 Å². The van der Waals surface area contributed by atoms with Crippen molar-refractivity contribution in [2.75, 3.05) is 16.9 Å². The Kier molecular flexibility index (Phi) is 4.22. The zero-order valence-corrected chi connectivity index (χ0v) is 10.3. The molecule has 0 spiro atoms. The Balaban J connectivity index is 2.03. The maximum absolute atomic E-state index is 12.1. The normalized spacial score (nSPS) is 16.5. The largest absolute Gasteiger partial charge is 0.349 e. The van der Waals surface area contributed by atoms with Crippen LogP contribution in [0.3, 0.4) is 0 Å². The van der Waals surface area contributed by atoms with Gasteiger partial charge in [0.1, 0.15) is 0 Å². The number of hydrogen-bond donors (Lipinski definition) is 3. The highest BCUT2D eigenvalue weighted by Crippen LogP contribution is 2.18. The van der Waals surface area contributed by atoms with Gasteiger partial charge in [0.2, 0.25) is 0 Å². The van der Waals surface area contributed by atoms with E-state index in [1.165, 1.54) is 0 Å². The fraction of sp³-hybridized carbons (Fsp3) is 0.455. The number of amides is 1. The molecule has 1 amide bonds. The van der Waals surface area contributed by atoms with Gasteiger partial charge in [0.15, 0.2) is 0 Å². The van der Waals surface area contributed by atoms with Crippen molar-refractivity contribution >= 4 is 23.4 Å². The van der Waals surface area contributed by atoms with Crippen molar-refractivity contribution in [2.45, 2.75) is 18.9 Å². The Morgan fingerprint density at radius 3 is 2.94 bits per heavy atom. The van der Waals surface area contributed by atoms with Crippen LogP contribution in [0, 0.1) is 0 Å². The van der Waals surface area contributed by atoms with E-state index in [9.17, 15) is 4.79 Å². The lowest BCUT2D eigenvalue weighted by atomic mass is 10.1. The number of thioether (sulfide) groups is 1. The van der Waals surface area contributed by atoms with E-state index in [0.29, 0.717) is 11.3 Å². The second kappa shape index (κ2) is 5.88. The van der Waals surface area contributed by atoms with E-state index in [0.717, 1.165) is 24.3 Å². The van der Waals surface area contributed by atoms with Crippen molar-refractivity contribution in [3.05, 3.63) is 24.0 Å². The maximum atomic E-state index is 12.1. The van der Waals surface area contributed by atoms with Crippen LogP contribution in [-0.4, -0.2) is 28.4 Å². The number of aromatic nitrogens is 1. The summed E-state index contributed by atoms with van der Waals surface area (Å²) in [4.78, 5) is 16.0. The Bertz CT molecular complexity index is 393. The van der Waals surface area contributed by atoms with Crippen molar-refractivity contribution in [1.29, 1.82) is 0 Å². The third-order valence-corrected chi connectivity index (χ3v) is 3.83. The zero-order chi connectivity index (χ0) is 12.1. The van der Waals surface area contributed by atoms with Gasteiger partial charge in [0, 0.05) is 12.2 Å². The summed E-state index contributed by atoms with van der Waals surface area (Å²) >= 11 is 1.94. The Morgan fingerprint density at radius 1 is 1.47 bits per heavy atom. The van der Waals surface area contributed by atoms with Crippen molar-refractivity contribution in [3.63, 3.8) is 0 Å². The molecular weight excluding hydrogens is 236 g/mol. The number of carbonyl (C=O) groups excluding carboxylic acids is 1. The molecule has 0 unspecified atom stereocenters. The molecule has 0 atom stereocenters. The molecule has 0 aromatic carbocycles. The van der Waals surface area contributed by atoms with E-state index < -0.39 is 0 Å². The van der Waals surface area contributed by atoms with Gasteiger partial charge in [-0.15, -0.1) is 0 Å². The fourth-order valence-electron chi connectivity index (χ4n) is 1.81. The predicted octanol–water partition coefficient (Wildman–Crippen LogP) is 0.993. The minimum absolute atomic E-state index is 0.0859. The first kappa shape index (κ1) is 12.2. The quantitative estimate of drug-likeness (QED) is 0.552. The molecular formula is C11H16N4OS. The van der Waals surface area contributed by atoms with Gasteiger partial charge in [-0.25, -0.2) is 0 Å². The summed E-state index contributed by atoms with van der Waals surface area (Å²) in [7, 11) is 0. The van der Waals surface area contributed by atoms with Crippen molar-refractivity contribution in [3.8, 4) is 0 Å². The van der Waals surface area contributed by atoms with Gasteiger partial charge in [0.05, 0.1) is 17.4 Å². The first-order valence-electron chi connectivity index (χ1n) is 5.60. The standard InChI is InChI=1S/C11H16N4OS/c12-15-10-7-13-4-1-9(10)11(16)14-8-2-5-17-6-3-8/h1,4,7-8,15H,2-3,5-6,12H2,(H,14,16). The molecule has 0 bridgehead atoms. The van der Waals surface area contributed by atoms with Crippen molar-refractivity contribution in [2.24, 2.45) is 5.84 Å². The Morgan fingerprint density at radius 2 is 2.24 bits per heavy atom. The molecule has 4 N–H and O–H groups in total. The predicted molar refractivity (Wildman–Crippen MR) is 69.9 cm³/mol. The van der Waals surface area contributed by atoms with Crippen LogP contribution in [-0.2, 0) is 0 Å². The van der Waals surface area contributed by atoms with Crippen LogP contribution < -0.4 is 16.6 Å². The van der Waals surface area contributed by atoms with Crippen LogP contribution >= 0.6 is 11.8 Å². The lowest BCUT2D eigenvalue weighted by Crippen LogP contribution is -2.37. The number of carbonyl (C=O) groups is 1. The summed E-state index contributed by atoms with van der Waals surface area (Å²) in [5.41, 5.74) is 3.58. The van der Waals surface area contributed by atoms with E-state index in [1.807, 2.05) is 11.8 Å². The first-order chi connectivity index (χ1) is 8.31. The summed E-state index contributed by atoms with van der Waals surface area (Å²) in [6.07, 6.45) is 5.21. The number of pyridine rings is 1. The minimum atomic E-state index is -0.0859. The lowest BCUT2D eigenvalue weighted by molar-refractivity contribution is 0.0935. The SMILES string of the molecule is NNc1cnccc1C(=O)NC1CCSCC1. The highest BCUT2D eigenvalue weighted by molar-refractivity contribution is 7.99. The Labute approximate surface area is 105 Å². The average molecular weight is 252 g/mol. The third kappa shape index (κ3) is 3.10. The number of nitrogens with two attached hydrogens (primary N) is 1. The molecule has 2 heterocycles. The van der Waals surface area contributed by atoms with Crippen LogP contribution in [0.2, 0.25) is 0 Å². The van der Waals surface area contributed by atoms with E-state index in [4.69, 9.17) is 5.84 Å². The smallest absolute Gasteiger partial charge is 0.253 e. The van der Waals surface area contributed by atoms with E-state index in [-0.39, 0.29) is 11.9 Å². The highest BCUT2D eigenvalue weighted by atomic mass is 32.2. The van der Waals surface area contributed by atoms with Crippen LogP contribution in [0.1, 0.15) is 23.2 Å². The van der Waals surface area contributed by atoms with Crippen LogP contribution in [0.5, 0.6) is 0 Å². The molecule has 2 rings (SSSR count). The fourth-order valence-corrected chi connectivity index (χ4v) is 2.92. The summed E-state index contributed by atoms with van der Waals surface area (Å²) < 4.78 is 0. The molecule has 1 aliphatic heterocycles. The second-order valence-electron chi connectivity index (χ2n) is 3.93. The van der Waals surface area contributed by atoms with E-state index in [1.54, 1.807) is 18.5 Å². The van der Waals surface area contributed by atoms with Gasteiger partial charge in [-0.2, -0.15) is 11.8 Å². The van der Waals surface area contributed by atoms with E-state index in [2.05, 4.69) is 15.7 Å². The molecule has 92 valence electrons. The number of rotatable bonds is 3. The van der Waals surface area contributed by atoms with Crippen LogP contribution in [0.4, 0.5) is 5.69 Å². The number of hydrazine groups is 1. The first-order valence-corrected chi connectivity index (χ1v) is 6.76. The van der Waals surface area contributed by atoms with E-state index >= 15 is 0 Å². The molecule has 1 saturated heterocycles. The zero-order valence-electron chi connectivity index (χ0n) is 9.48. The summed E-state index contributed by atoms with van der Waals surface area (Å²) in [5, 5.41) is 3.03. The number of hydrogen-bond acceptors (Lipinski definition) is 5. The van der Waals surface area contributed by atoms with Crippen LogP contribution in [0.25, 0.3) is 0 Å². The van der Waals surface area contributed by atoms with Gasteiger partial charge < -0.3 is 10.7 Å². The molecule has 0 radical (unpaired) electrons. The minimum Gasteiger partial charge on any atom is -0.349 e. The van der Waals surface area contributed by atoms with Gasteiger partial charge in [-0.3, -0.25) is 15.6 Å². The Hall–Kier alpha value is -1.27.